The maximum atomic E-state index is 12.6. The van der Waals surface area contributed by atoms with Crippen LogP contribution in [0.3, 0.4) is 0 Å². The molecule has 0 radical (unpaired) electrons. The number of carbonyl (C=O) groups excluding carboxylic acids is 1. The van der Waals surface area contributed by atoms with Crippen LogP contribution < -0.4 is 0 Å². The van der Waals surface area contributed by atoms with Gasteiger partial charge in [-0.15, -0.1) is 5.10 Å². The highest BCUT2D eigenvalue weighted by molar-refractivity contribution is 8.00. The van der Waals surface area contributed by atoms with Crippen LogP contribution in [0.4, 0.5) is 0 Å². The van der Waals surface area contributed by atoms with Crippen LogP contribution in [-0.4, -0.2) is 40.1 Å². The fourth-order valence-corrected chi connectivity index (χ4v) is 3.31. The molecule has 0 aliphatic carbocycles. The van der Waals surface area contributed by atoms with Crippen molar-refractivity contribution in [2.24, 2.45) is 0 Å². The van der Waals surface area contributed by atoms with Crippen LogP contribution in [0, 0.1) is 0 Å². The molecule has 5 nitrogen and oxygen atoms in total. The van der Waals surface area contributed by atoms with Crippen molar-refractivity contribution < 1.29 is 4.79 Å². The van der Waals surface area contributed by atoms with Crippen LogP contribution in [0.5, 0.6) is 0 Å². The second kappa shape index (κ2) is 7.31. The Balaban J connectivity index is 1.86. The summed E-state index contributed by atoms with van der Waals surface area (Å²) >= 11 is 1.35. The van der Waals surface area contributed by atoms with Crippen LogP contribution in [0.25, 0.3) is 11.4 Å². The number of likely N-dealkylation sites (N-methyl/N-ethyl adjacent to an activating group) is 1. The second-order valence-corrected chi connectivity index (χ2v) is 6.55. The van der Waals surface area contributed by atoms with Gasteiger partial charge in [0.15, 0.2) is 5.82 Å². The molecule has 0 spiro atoms. The highest BCUT2D eigenvalue weighted by Crippen LogP contribution is 2.35. The van der Waals surface area contributed by atoms with E-state index in [1.165, 1.54) is 11.8 Å². The number of hydrogen-bond acceptors (Lipinski definition) is 4. The van der Waals surface area contributed by atoms with Gasteiger partial charge in [0.05, 0.1) is 0 Å². The van der Waals surface area contributed by atoms with Gasteiger partial charge in [-0.25, -0.2) is 4.98 Å². The van der Waals surface area contributed by atoms with E-state index in [9.17, 15) is 4.79 Å². The van der Waals surface area contributed by atoms with Crippen LogP contribution in [-0.2, 0) is 4.79 Å². The quantitative estimate of drug-likeness (QED) is 0.724. The number of hydrogen-bond donors (Lipinski definition) is 1. The van der Waals surface area contributed by atoms with Gasteiger partial charge in [-0.1, -0.05) is 72.4 Å². The lowest BCUT2D eigenvalue weighted by Gasteiger charge is -2.19. The van der Waals surface area contributed by atoms with E-state index in [2.05, 4.69) is 15.2 Å². The lowest BCUT2D eigenvalue weighted by atomic mass is 10.1. The molecular weight excluding hydrogens is 320 g/mol. The first-order chi connectivity index (χ1) is 11.6. The number of aromatic amines is 1. The van der Waals surface area contributed by atoms with Gasteiger partial charge in [-0.05, 0) is 5.56 Å². The Morgan fingerprint density at radius 1 is 1.04 bits per heavy atom. The molecule has 1 atom stereocenters. The number of amides is 1. The molecule has 0 bridgehead atoms. The van der Waals surface area contributed by atoms with E-state index < -0.39 is 0 Å². The zero-order chi connectivity index (χ0) is 16.9. The number of nitrogens with zero attached hydrogens (tertiary/aromatic N) is 3. The van der Waals surface area contributed by atoms with Crippen molar-refractivity contribution in [2.45, 2.75) is 10.4 Å². The number of thioether (sulfide) groups is 1. The fraction of sp³-hybridized carbons (Fsp3) is 0.167. The average molecular weight is 338 g/mol. The third-order valence-electron chi connectivity index (χ3n) is 3.50. The van der Waals surface area contributed by atoms with Crippen LogP contribution in [0.1, 0.15) is 10.8 Å². The Morgan fingerprint density at radius 2 is 1.67 bits per heavy atom. The van der Waals surface area contributed by atoms with Gasteiger partial charge in [0.25, 0.3) is 0 Å². The molecule has 3 aromatic rings. The average Bonchev–Trinajstić information content (AvgIpc) is 3.09. The van der Waals surface area contributed by atoms with Crippen molar-refractivity contribution in [1.82, 2.24) is 20.1 Å². The standard InChI is InChI=1S/C18H18N4OS/c1-22(2)17(23)15(13-9-5-3-6-10-13)24-18-19-16(20-21-18)14-11-7-4-8-12-14/h3-12,15H,1-2H3,(H,19,20,21)/t15-/m0/s1. The Hall–Kier alpha value is -2.60. The zero-order valence-corrected chi connectivity index (χ0v) is 14.3. The lowest BCUT2D eigenvalue weighted by molar-refractivity contribution is -0.128. The minimum absolute atomic E-state index is 0.0114. The fourth-order valence-electron chi connectivity index (χ4n) is 2.25. The second-order valence-electron chi connectivity index (χ2n) is 5.47. The van der Waals surface area contributed by atoms with Gasteiger partial charge in [0.1, 0.15) is 5.25 Å². The van der Waals surface area contributed by atoms with Crippen molar-refractivity contribution in [3.05, 3.63) is 66.2 Å². The first-order valence-electron chi connectivity index (χ1n) is 7.56. The smallest absolute Gasteiger partial charge is 0.240 e. The molecule has 1 N–H and O–H groups in total. The van der Waals surface area contributed by atoms with Crippen molar-refractivity contribution in [2.75, 3.05) is 14.1 Å². The predicted molar refractivity (Wildman–Crippen MR) is 95.6 cm³/mol. The number of rotatable bonds is 5. The number of aromatic nitrogens is 3. The molecule has 1 amide bonds. The Kier molecular flexibility index (Phi) is 4.96. The predicted octanol–water partition coefficient (Wildman–Crippen LogP) is 3.39. The number of benzene rings is 2. The summed E-state index contributed by atoms with van der Waals surface area (Å²) < 4.78 is 0. The molecule has 122 valence electrons. The van der Waals surface area contributed by atoms with Gasteiger partial charge >= 0.3 is 0 Å². The van der Waals surface area contributed by atoms with E-state index in [1.807, 2.05) is 60.7 Å². The highest BCUT2D eigenvalue weighted by Gasteiger charge is 2.25. The minimum Gasteiger partial charge on any atom is -0.348 e. The molecule has 0 saturated heterocycles. The van der Waals surface area contributed by atoms with Gasteiger partial charge in [0.2, 0.25) is 11.1 Å². The Bertz CT molecular complexity index is 802. The van der Waals surface area contributed by atoms with Crippen molar-refractivity contribution in [3.63, 3.8) is 0 Å². The largest absolute Gasteiger partial charge is 0.348 e. The summed E-state index contributed by atoms with van der Waals surface area (Å²) in [5, 5.41) is 7.38. The summed E-state index contributed by atoms with van der Waals surface area (Å²) in [7, 11) is 3.51. The molecule has 0 saturated carbocycles. The highest BCUT2D eigenvalue weighted by atomic mass is 32.2. The summed E-state index contributed by atoms with van der Waals surface area (Å²) in [6.07, 6.45) is 0. The van der Waals surface area contributed by atoms with E-state index in [4.69, 9.17) is 0 Å². The molecule has 24 heavy (non-hydrogen) atoms. The molecule has 1 heterocycles. The molecule has 0 aliphatic heterocycles. The molecule has 0 unspecified atom stereocenters. The molecule has 6 heteroatoms. The maximum absolute atomic E-state index is 12.6. The Labute approximate surface area is 145 Å². The van der Waals surface area contributed by atoms with E-state index in [0.29, 0.717) is 11.0 Å². The molecular formula is C18H18N4OS. The number of H-pyrrole nitrogens is 1. The van der Waals surface area contributed by atoms with E-state index >= 15 is 0 Å². The third kappa shape index (κ3) is 3.65. The number of nitrogens with one attached hydrogen (secondary N) is 1. The molecule has 0 aliphatic rings. The van der Waals surface area contributed by atoms with Crippen molar-refractivity contribution in [1.29, 1.82) is 0 Å². The normalized spacial score (nSPS) is 11.9. The first-order valence-corrected chi connectivity index (χ1v) is 8.43. The van der Waals surface area contributed by atoms with E-state index in [-0.39, 0.29) is 11.2 Å². The molecule has 0 fully saturated rings. The van der Waals surface area contributed by atoms with Gasteiger partial charge in [0, 0.05) is 19.7 Å². The SMILES string of the molecule is CN(C)C(=O)[C@@H](Sc1n[nH]c(-c2ccccc2)n1)c1ccccc1. The third-order valence-corrected chi connectivity index (χ3v) is 4.61. The van der Waals surface area contributed by atoms with Gasteiger partial charge in [-0.2, -0.15) is 0 Å². The van der Waals surface area contributed by atoms with Crippen LogP contribution in [0.15, 0.2) is 65.8 Å². The maximum Gasteiger partial charge on any atom is 0.240 e. The van der Waals surface area contributed by atoms with Crippen molar-refractivity contribution >= 4 is 17.7 Å². The summed E-state index contributed by atoms with van der Waals surface area (Å²) in [5.74, 6) is 0.708. The minimum atomic E-state index is -0.374. The van der Waals surface area contributed by atoms with Gasteiger partial charge in [-0.3, -0.25) is 9.89 Å². The summed E-state index contributed by atoms with van der Waals surface area (Å²) in [5.41, 5.74) is 1.90. The van der Waals surface area contributed by atoms with Crippen LogP contribution >= 0.6 is 11.8 Å². The molecule has 3 rings (SSSR count). The van der Waals surface area contributed by atoms with E-state index in [1.54, 1.807) is 19.0 Å². The monoisotopic (exact) mass is 338 g/mol. The van der Waals surface area contributed by atoms with Crippen LogP contribution in [0.2, 0.25) is 0 Å². The topological polar surface area (TPSA) is 61.9 Å². The summed E-state index contributed by atoms with van der Waals surface area (Å²) in [6.45, 7) is 0. The summed E-state index contributed by atoms with van der Waals surface area (Å²) in [4.78, 5) is 18.7. The summed E-state index contributed by atoms with van der Waals surface area (Å²) in [6, 6.07) is 19.5. The van der Waals surface area contributed by atoms with E-state index in [0.717, 1.165) is 11.1 Å². The first kappa shape index (κ1) is 16.3. The molecule has 1 aromatic heterocycles. The molecule has 2 aromatic carbocycles. The zero-order valence-electron chi connectivity index (χ0n) is 13.5. The van der Waals surface area contributed by atoms with Crippen molar-refractivity contribution in [3.8, 4) is 11.4 Å². The lowest BCUT2D eigenvalue weighted by Crippen LogP contribution is -2.26. The Morgan fingerprint density at radius 3 is 2.29 bits per heavy atom. The number of carbonyl (C=O) groups is 1. The van der Waals surface area contributed by atoms with Gasteiger partial charge < -0.3 is 4.90 Å².